The maximum Gasteiger partial charge on any atom is 0.0760 e. The van der Waals surface area contributed by atoms with Crippen LogP contribution >= 0.6 is 23.2 Å². The van der Waals surface area contributed by atoms with E-state index in [0.29, 0.717) is 16.0 Å². The van der Waals surface area contributed by atoms with E-state index in [9.17, 15) is 0 Å². The SMILES string of the molecule is CCNC(CC1Cc2ccccc21)c1ncc(Cl)cc1Cl. The van der Waals surface area contributed by atoms with Crippen LogP contribution < -0.4 is 5.32 Å². The average Bonchev–Trinajstić information content (AvgIpc) is 2.44. The lowest BCUT2D eigenvalue weighted by atomic mass is 9.74. The van der Waals surface area contributed by atoms with Crippen molar-refractivity contribution in [2.45, 2.75) is 31.7 Å². The fraction of sp³-hybridized carbons (Fsp3) is 0.353. The predicted octanol–water partition coefficient (Wildman–Crippen LogP) is 4.77. The van der Waals surface area contributed by atoms with Gasteiger partial charge in [0.2, 0.25) is 0 Å². The van der Waals surface area contributed by atoms with Crippen molar-refractivity contribution in [1.29, 1.82) is 0 Å². The van der Waals surface area contributed by atoms with E-state index in [-0.39, 0.29) is 6.04 Å². The van der Waals surface area contributed by atoms with E-state index >= 15 is 0 Å². The number of rotatable bonds is 5. The molecule has 0 aliphatic heterocycles. The van der Waals surface area contributed by atoms with Gasteiger partial charge in [-0.15, -0.1) is 0 Å². The molecule has 0 spiro atoms. The zero-order valence-corrected chi connectivity index (χ0v) is 13.5. The quantitative estimate of drug-likeness (QED) is 0.858. The Morgan fingerprint density at radius 2 is 2.14 bits per heavy atom. The molecule has 0 saturated carbocycles. The molecular weight excluding hydrogens is 303 g/mol. The molecule has 1 aromatic carbocycles. The zero-order chi connectivity index (χ0) is 14.8. The lowest BCUT2D eigenvalue weighted by Crippen LogP contribution is -2.28. The molecule has 110 valence electrons. The molecule has 2 atom stereocenters. The van der Waals surface area contributed by atoms with E-state index in [2.05, 4.69) is 41.5 Å². The summed E-state index contributed by atoms with van der Waals surface area (Å²) >= 11 is 12.3. The minimum Gasteiger partial charge on any atom is -0.309 e. The molecule has 1 aromatic heterocycles. The summed E-state index contributed by atoms with van der Waals surface area (Å²) in [5, 5.41) is 4.72. The Kier molecular flexibility index (Phi) is 4.48. The number of nitrogens with one attached hydrogen (secondary N) is 1. The Balaban J connectivity index is 1.80. The van der Waals surface area contributed by atoms with Crippen molar-refractivity contribution in [3.05, 3.63) is 63.4 Å². The summed E-state index contributed by atoms with van der Waals surface area (Å²) in [6.07, 6.45) is 3.82. The number of hydrogen-bond donors (Lipinski definition) is 1. The van der Waals surface area contributed by atoms with E-state index in [0.717, 1.165) is 25.1 Å². The molecular formula is C17H18Cl2N2. The topological polar surface area (TPSA) is 24.9 Å². The van der Waals surface area contributed by atoms with Crippen LogP contribution in [0.4, 0.5) is 0 Å². The monoisotopic (exact) mass is 320 g/mol. The third-order valence-corrected chi connectivity index (χ3v) is 4.61. The molecule has 1 N–H and O–H groups in total. The van der Waals surface area contributed by atoms with Crippen molar-refractivity contribution >= 4 is 23.2 Å². The van der Waals surface area contributed by atoms with Gasteiger partial charge in [-0.25, -0.2) is 0 Å². The Morgan fingerprint density at radius 1 is 1.33 bits per heavy atom. The molecule has 0 bridgehead atoms. The zero-order valence-electron chi connectivity index (χ0n) is 11.9. The van der Waals surface area contributed by atoms with Gasteiger partial charge < -0.3 is 5.32 Å². The van der Waals surface area contributed by atoms with Crippen LogP contribution in [0, 0.1) is 0 Å². The molecule has 1 heterocycles. The lowest BCUT2D eigenvalue weighted by Gasteiger charge is -2.33. The summed E-state index contributed by atoms with van der Waals surface area (Å²) in [6.45, 7) is 2.99. The number of benzene rings is 1. The molecule has 2 aromatic rings. The summed E-state index contributed by atoms with van der Waals surface area (Å²) in [5.41, 5.74) is 3.82. The number of hydrogen-bond acceptors (Lipinski definition) is 2. The molecule has 4 heteroatoms. The van der Waals surface area contributed by atoms with E-state index in [1.165, 1.54) is 11.1 Å². The van der Waals surface area contributed by atoms with Gasteiger partial charge in [-0.1, -0.05) is 54.4 Å². The fourth-order valence-corrected chi connectivity index (χ4v) is 3.59. The minimum atomic E-state index is 0.165. The number of aromatic nitrogens is 1. The first-order valence-electron chi connectivity index (χ1n) is 7.31. The van der Waals surface area contributed by atoms with Gasteiger partial charge in [-0.3, -0.25) is 4.98 Å². The van der Waals surface area contributed by atoms with Gasteiger partial charge in [-0.2, -0.15) is 0 Å². The molecule has 0 fully saturated rings. The second-order valence-electron chi connectivity index (χ2n) is 5.47. The van der Waals surface area contributed by atoms with Gasteiger partial charge in [0, 0.05) is 6.20 Å². The second-order valence-corrected chi connectivity index (χ2v) is 6.31. The largest absolute Gasteiger partial charge is 0.309 e. The van der Waals surface area contributed by atoms with Crippen LogP contribution in [0.15, 0.2) is 36.5 Å². The van der Waals surface area contributed by atoms with Gasteiger partial charge in [0.15, 0.2) is 0 Å². The van der Waals surface area contributed by atoms with E-state index in [1.807, 2.05) is 0 Å². The van der Waals surface area contributed by atoms with Crippen LogP contribution in [0.25, 0.3) is 0 Å². The second kappa shape index (κ2) is 6.35. The standard InChI is InChI=1S/C17H18Cl2N2/c1-2-20-16(17-15(19)9-13(18)10-21-17)8-12-7-11-5-3-4-6-14(11)12/h3-6,9-10,12,16,20H,2,7-8H2,1H3. The summed E-state index contributed by atoms with van der Waals surface area (Å²) in [4.78, 5) is 4.44. The van der Waals surface area contributed by atoms with E-state index in [4.69, 9.17) is 23.2 Å². The van der Waals surface area contributed by atoms with Crippen LogP contribution in [0.5, 0.6) is 0 Å². The maximum absolute atomic E-state index is 6.32. The van der Waals surface area contributed by atoms with Crippen molar-refractivity contribution in [2.75, 3.05) is 6.54 Å². The summed E-state index contributed by atoms with van der Waals surface area (Å²) < 4.78 is 0. The fourth-order valence-electron chi connectivity index (χ4n) is 3.08. The molecule has 1 aliphatic rings. The van der Waals surface area contributed by atoms with Gasteiger partial charge in [0.25, 0.3) is 0 Å². The van der Waals surface area contributed by atoms with Crippen LogP contribution in [0.3, 0.4) is 0 Å². The summed E-state index contributed by atoms with van der Waals surface area (Å²) in [7, 11) is 0. The highest BCUT2D eigenvalue weighted by Gasteiger charge is 2.29. The van der Waals surface area contributed by atoms with Crippen LogP contribution in [-0.2, 0) is 6.42 Å². The Labute approximate surface area is 135 Å². The lowest BCUT2D eigenvalue weighted by molar-refractivity contribution is 0.429. The number of halogens is 2. The van der Waals surface area contributed by atoms with Crippen molar-refractivity contribution in [3.8, 4) is 0 Å². The molecule has 2 unspecified atom stereocenters. The molecule has 0 radical (unpaired) electrons. The van der Waals surface area contributed by atoms with Crippen LogP contribution in [-0.4, -0.2) is 11.5 Å². The first-order chi connectivity index (χ1) is 10.2. The molecule has 1 aliphatic carbocycles. The highest BCUT2D eigenvalue weighted by Crippen LogP contribution is 2.41. The molecule has 0 saturated heterocycles. The Morgan fingerprint density at radius 3 is 2.86 bits per heavy atom. The van der Waals surface area contributed by atoms with Gasteiger partial charge in [0.05, 0.1) is 21.8 Å². The highest BCUT2D eigenvalue weighted by molar-refractivity contribution is 6.34. The molecule has 0 amide bonds. The highest BCUT2D eigenvalue weighted by atomic mass is 35.5. The third kappa shape index (κ3) is 3.08. The first kappa shape index (κ1) is 14.8. The predicted molar refractivity (Wildman–Crippen MR) is 88.2 cm³/mol. The normalized spacial score (nSPS) is 18.0. The molecule has 2 nitrogen and oxygen atoms in total. The van der Waals surface area contributed by atoms with Gasteiger partial charge in [0.1, 0.15) is 0 Å². The Bertz CT molecular complexity index is 642. The number of nitrogens with zero attached hydrogens (tertiary/aromatic N) is 1. The van der Waals surface area contributed by atoms with Gasteiger partial charge >= 0.3 is 0 Å². The van der Waals surface area contributed by atoms with Crippen LogP contribution in [0.1, 0.15) is 42.1 Å². The maximum atomic E-state index is 6.32. The number of pyridine rings is 1. The first-order valence-corrected chi connectivity index (χ1v) is 8.06. The van der Waals surface area contributed by atoms with Gasteiger partial charge in [-0.05, 0) is 42.5 Å². The number of fused-ring (bicyclic) bond motifs is 1. The van der Waals surface area contributed by atoms with Crippen molar-refractivity contribution in [1.82, 2.24) is 10.3 Å². The van der Waals surface area contributed by atoms with Crippen molar-refractivity contribution in [3.63, 3.8) is 0 Å². The van der Waals surface area contributed by atoms with Crippen molar-refractivity contribution in [2.24, 2.45) is 0 Å². The smallest absolute Gasteiger partial charge is 0.0760 e. The third-order valence-electron chi connectivity index (χ3n) is 4.10. The minimum absolute atomic E-state index is 0.165. The summed E-state index contributed by atoms with van der Waals surface area (Å²) in [5.74, 6) is 0.582. The average molecular weight is 321 g/mol. The van der Waals surface area contributed by atoms with E-state index in [1.54, 1.807) is 12.3 Å². The molecule has 3 rings (SSSR count). The Hall–Kier alpha value is -1.09. The van der Waals surface area contributed by atoms with Crippen molar-refractivity contribution < 1.29 is 0 Å². The summed E-state index contributed by atoms with van der Waals surface area (Å²) in [6, 6.07) is 10.6. The van der Waals surface area contributed by atoms with Crippen LogP contribution in [0.2, 0.25) is 10.0 Å². The van der Waals surface area contributed by atoms with E-state index < -0.39 is 0 Å². The molecule has 21 heavy (non-hydrogen) atoms.